The number of rotatable bonds is 2. The van der Waals surface area contributed by atoms with Crippen LogP contribution in [-0.2, 0) is 12.8 Å². The van der Waals surface area contributed by atoms with Crippen LogP contribution in [0.15, 0.2) is 18.2 Å². The minimum atomic E-state index is 0.394. The van der Waals surface area contributed by atoms with E-state index in [0.29, 0.717) is 5.92 Å². The minimum Gasteiger partial charge on any atom is -0.262 e. The molecule has 88 valence electrons. The lowest BCUT2D eigenvalue weighted by molar-refractivity contribution is 0.781. The standard InChI is InChI=1S/C14H17N3/c1-9(2)13-15-14(17-16-13)12-7-6-10-4-3-5-11(10)8-12/h6-9H,3-5H2,1-2H3,(H,15,16,17). The highest BCUT2D eigenvalue weighted by Crippen LogP contribution is 2.26. The van der Waals surface area contributed by atoms with Gasteiger partial charge in [-0.3, -0.25) is 5.10 Å². The molecule has 3 heteroatoms. The summed E-state index contributed by atoms with van der Waals surface area (Å²) in [4.78, 5) is 4.54. The lowest BCUT2D eigenvalue weighted by atomic mass is 10.1. The highest BCUT2D eigenvalue weighted by atomic mass is 15.2. The molecule has 0 spiro atoms. The summed E-state index contributed by atoms with van der Waals surface area (Å²) in [5.41, 5.74) is 4.10. The van der Waals surface area contributed by atoms with Crippen LogP contribution in [0, 0.1) is 0 Å². The summed E-state index contributed by atoms with van der Waals surface area (Å²) < 4.78 is 0. The van der Waals surface area contributed by atoms with E-state index in [-0.39, 0.29) is 0 Å². The first-order valence-electron chi connectivity index (χ1n) is 6.28. The van der Waals surface area contributed by atoms with Crippen molar-refractivity contribution in [3.63, 3.8) is 0 Å². The first kappa shape index (κ1) is 10.5. The van der Waals surface area contributed by atoms with E-state index in [9.17, 15) is 0 Å². The van der Waals surface area contributed by atoms with Crippen LogP contribution in [0.2, 0.25) is 0 Å². The van der Waals surface area contributed by atoms with Crippen LogP contribution in [-0.4, -0.2) is 15.2 Å². The van der Waals surface area contributed by atoms with Crippen molar-refractivity contribution in [3.8, 4) is 11.4 Å². The van der Waals surface area contributed by atoms with Gasteiger partial charge in [0.15, 0.2) is 5.82 Å². The fourth-order valence-corrected chi connectivity index (χ4v) is 2.37. The Balaban J connectivity index is 1.97. The normalized spacial score (nSPS) is 14.3. The van der Waals surface area contributed by atoms with E-state index in [1.54, 1.807) is 0 Å². The van der Waals surface area contributed by atoms with Gasteiger partial charge in [-0.1, -0.05) is 26.0 Å². The van der Waals surface area contributed by atoms with Crippen LogP contribution in [0.3, 0.4) is 0 Å². The molecular weight excluding hydrogens is 210 g/mol. The molecule has 3 nitrogen and oxygen atoms in total. The van der Waals surface area contributed by atoms with Gasteiger partial charge in [0.1, 0.15) is 5.82 Å². The SMILES string of the molecule is CC(C)c1nc(-c2ccc3c(c2)CCC3)n[nH]1. The largest absolute Gasteiger partial charge is 0.262 e. The molecule has 17 heavy (non-hydrogen) atoms. The van der Waals surface area contributed by atoms with Crippen molar-refractivity contribution < 1.29 is 0 Å². The number of H-pyrrole nitrogens is 1. The molecule has 0 unspecified atom stereocenters. The molecule has 0 fully saturated rings. The molecule has 1 N–H and O–H groups in total. The molecule has 1 heterocycles. The Bertz CT molecular complexity index is 540. The molecule has 1 aliphatic rings. The van der Waals surface area contributed by atoms with E-state index >= 15 is 0 Å². The Morgan fingerprint density at radius 3 is 2.76 bits per heavy atom. The molecule has 3 rings (SSSR count). The van der Waals surface area contributed by atoms with E-state index in [0.717, 1.165) is 17.2 Å². The third-order valence-corrected chi connectivity index (χ3v) is 3.41. The van der Waals surface area contributed by atoms with Crippen LogP contribution in [0.5, 0.6) is 0 Å². The molecule has 2 aromatic rings. The van der Waals surface area contributed by atoms with Crippen molar-refractivity contribution in [2.75, 3.05) is 0 Å². The van der Waals surface area contributed by atoms with E-state index in [1.165, 1.54) is 30.4 Å². The van der Waals surface area contributed by atoms with Crippen molar-refractivity contribution in [2.24, 2.45) is 0 Å². The van der Waals surface area contributed by atoms with Crippen molar-refractivity contribution in [3.05, 3.63) is 35.2 Å². The Labute approximate surface area is 101 Å². The number of nitrogens with one attached hydrogen (secondary N) is 1. The predicted octanol–water partition coefficient (Wildman–Crippen LogP) is 3.08. The Morgan fingerprint density at radius 1 is 1.18 bits per heavy atom. The number of aromatic amines is 1. The van der Waals surface area contributed by atoms with Crippen LogP contribution in [0.25, 0.3) is 11.4 Å². The quantitative estimate of drug-likeness (QED) is 0.856. The third-order valence-electron chi connectivity index (χ3n) is 3.41. The first-order valence-corrected chi connectivity index (χ1v) is 6.28. The molecule has 0 radical (unpaired) electrons. The third kappa shape index (κ3) is 1.86. The van der Waals surface area contributed by atoms with Gasteiger partial charge < -0.3 is 0 Å². The number of nitrogens with zero attached hydrogens (tertiary/aromatic N) is 2. The van der Waals surface area contributed by atoms with Crippen molar-refractivity contribution in [1.82, 2.24) is 15.2 Å². The molecule has 1 aromatic heterocycles. The number of aryl methyl sites for hydroxylation is 2. The van der Waals surface area contributed by atoms with Gasteiger partial charge in [-0.15, -0.1) is 0 Å². The summed E-state index contributed by atoms with van der Waals surface area (Å²) in [7, 11) is 0. The van der Waals surface area contributed by atoms with E-state index in [4.69, 9.17) is 0 Å². The van der Waals surface area contributed by atoms with Gasteiger partial charge in [-0.2, -0.15) is 5.10 Å². The maximum absolute atomic E-state index is 4.54. The summed E-state index contributed by atoms with van der Waals surface area (Å²) in [6.07, 6.45) is 3.70. The lowest BCUT2D eigenvalue weighted by Gasteiger charge is -2.01. The number of hydrogen-bond donors (Lipinski definition) is 1. The Kier molecular flexibility index (Phi) is 2.46. The zero-order valence-corrected chi connectivity index (χ0v) is 10.3. The van der Waals surface area contributed by atoms with Crippen molar-refractivity contribution in [2.45, 2.75) is 39.0 Å². The maximum atomic E-state index is 4.54. The second kappa shape index (κ2) is 3.99. The highest BCUT2D eigenvalue weighted by molar-refractivity contribution is 5.57. The Morgan fingerprint density at radius 2 is 2.00 bits per heavy atom. The smallest absolute Gasteiger partial charge is 0.181 e. The average Bonchev–Trinajstić information content (AvgIpc) is 2.97. The maximum Gasteiger partial charge on any atom is 0.181 e. The number of benzene rings is 1. The summed E-state index contributed by atoms with van der Waals surface area (Å²) in [6.45, 7) is 4.24. The highest BCUT2D eigenvalue weighted by Gasteiger charge is 2.14. The van der Waals surface area contributed by atoms with E-state index in [2.05, 4.69) is 47.2 Å². The predicted molar refractivity (Wildman–Crippen MR) is 67.9 cm³/mol. The van der Waals surface area contributed by atoms with Crippen LogP contribution >= 0.6 is 0 Å². The molecule has 0 atom stereocenters. The zero-order valence-electron chi connectivity index (χ0n) is 10.3. The monoisotopic (exact) mass is 227 g/mol. The summed E-state index contributed by atoms with van der Waals surface area (Å²) in [6, 6.07) is 6.61. The number of aromatic nitrogens is 3. The topological polar surface area (TPSA) is 41.6 Å². The van der Waals surface area contributed by atoms with E-state index in [1.807, 2.05) is 0 Å². The Hall–Kier alpha value is -1.64. The van der Waals surface area contributed by atoms with Gasteiger partial charge in [-0.25, -0.2) is 4.98 Å². The summed E-state index contributed by atoms with van der Waals surface area (Å²) in [5, 5.41) is 7.31. The van der Waals surface area contributed by atoms with Crippen molar-refractivity contribution >= 4 is 0 Å². The second-order valence-corrected chi connectivity index (χ2v) is 5.04. The molecular formula is C14H17N3. The van der Waals surface area contributed by atoms with Crippen LogP contribution in [0.4, 0.5) is 0 Å². The molecule has 0 amide bonds. The number of hydrogen-bond acceptors (Lipinski definition) is 2. The molecule has 0 bridgehead atoms. The average molecular weight is 227 g/mol. The fourth-order valence-electron chi connectivity index (χ4n) is 2.37. The van der Waals surface area contributed by atoms with Crippen LogP contribution < -0.4 is 0 Å². The molecule has 0 aliphatic heterocycles. The van der Waals surface area contributed by atoms with Gasteiger partial charge >= 0.3 is 0 Å². The van der Waals surface area contributed by atoms with Crippen LogP contribution in [0.1, 0.15) is 43.1 Å². The zero-order chi connectivity index (χ0) is 11.8. The van der Waals surface area contributed by atoms with Gasteiger partial charge in [0.2, 0.25) is 0 Å². The number of fused-ring (bicyclic) bond motifs is 1. The molecule has 1 aliphatic carbocycles. The van der Waals surface area contributed by atoms with Gasteiger partial charge in [0.05, 0.1) is 0 Å². The summed E-state index contributed by atoms with van der Waals surface area (Å²) in [5.74, 6) is 2.18. The minimum absolute atomic E-state index is 0.394. The van der Waals surface area contributed by atoms with Gasteiger partial charge in [0, 0.05) is 11.5 Å². The fraction of sp³-hybridized carbons (Fsp3) is 0.429. The molecule has 1 aromatic carbocycles. The molecule has 0 saturated carbocycles. The lowest BCUT2D eigenvalue weighted by Crippen LogP contribution is -1.89. The van der Waals surface area contributed by atoms with Crippen molar-refractivity contribution in [1.29, 1.82) is 0 Å². The molecule has 0 saturated heterocycles. The van der Waals surface area contributed by atoms with Gasteiger partial charge in [0.25, 0.3) is 0 Å². The first-order chi connectivity index (χ1) is 8.24. The summed E-state index contributed by atoms with van der Waals surface area (Å²) >= 11 is 0. The second-order valence-electron chi connectivity index (χ2n) is 5.04. The van der Waals surface area contributed by atoms with E-state index < -0.39 is 0 Å². The van der Waals surface area contributed by atoms with Gasteiger partial charge in [-0.05, 0) is 36.5 Å².